The van der Waals surface area contributed by atoms with E-state index in [4.69, 9.17) is 21.3 Å². The van der Waals surface area contributed by atoms with E-state index in [1.807, 2.05) is 0 Å². The van der Waals surface area contributed by atoms with Crippen molar-refractivity contribution in [1.29, 1.82) is 0 Å². The molecule has 0 amide bonds. The standard InChI is InChI=1S/C12H24NO3PS/c1-3-15-17(14,16-4-2)12(18)13-10-11-8-6-5-7-9-11/h11H,3-10H2,1-2H3,(H,13,18). The molecule has 1 aliphatic rings. The van der Waals surface area contributed by atoms with E-state index in [0.29, 0.717) is 19.1 Å². The third kappa shape index (κ3) is 4.96. The Kier molecular flexibility index (Phi) is 7.38. The van der Waals surface area contributed by atoms with Gasteiger partial charge in [0.25, 0.3) is 0 Å². The van der Waals surface area contributed by atoms with Gasteiger partial charge < -0.3 is 14.4 Å². The van der Waals surface area contributed by atoms with Gasteiger partial charge in [0.05, 0.1) is 13.2 Å². The van der Waals surface area contributed by atoms with Crippen molar-refractivity contribution in [3.05, 3.63) is 0 Å². The molecule has 0 unspecified atom stereocenters. The Balaban J connectivity index is 2.43. The Morgan fingerprint density at radius 2 is 1.78 bits per heavy atom. The van der Waals surface area contributed by atoms with Gasteiger partial charge in [0.2, 0.25) is 0 Å². The summed E-state index contributed by atoms with van der Waals surface area (Å²) in [4.78, 5) is 0. The summed E-state index contributed by atoms with van der Waals surface area (Å²) < 4.78 is 23.0. The smallest absolute Gasteiger partial charge is 0.369 e. The first-order valence-electron chi connectivity index (χ1n) is 6.80. The van der Waals surface area contributed by atoms with Crippen molar-refractivity contribution in [3.63, 3.8) is 0 Å². The van der Waals surface area contributed by atoms with Crippen LogP contribution in [-0.2, 0) is 13.6 Å². The average Bonchev–Trinajstić information content (AvgIpc) is 2.37. The molecule has 1 aliphatic carbocycles. The van der Waals surface area contributed by atoms with Crippen molar-refractivity contribution < 1.29 is 13.6 Å². The topological polar surface area (TPSA) is 47.6 Å². The number of hydrogen-bond donors (Lipinski definition) is 1. The highest BCUT2D eigenvalue weighted by atomic mass is 32.1. The molecule has 4 nitrogen and oxygen atoms in total. The molecule has 0 radical (unpaired) electrons. The van der Waals surface area contributed by atoms with Gasteiger partial charge in [0, 0.05) is 6.54 Å². The second-order valence-electron chi connectivity index (χ2n) is 4.52. The molecule has 0 aromatic carbocycles. The molecule has 0 spiro atoms. The molecule has 0 bridgehead atoms. The number of thiocarbonyl (C=S) groups is 1. The lowest BCUT2D eigenvalue weighted by atomic mass is 9.89. The first-order valence-corrected chi connectivity index (χ1v) is 8.75. The maximum absolute atomic E-state index is 12.3. The van der Waals surface area contributed by atoms with Crippen molar-refractivity contribution in [3.8, 4) is 0 Å². The SMILES string of the molecule is CCOP(=O)(OCC)C(=S)NCC1CCCCC1. The van der Waals surface area contributed by atoms with Crippen LogP contribution in [0.25, 0.3) is 0 Å². The molecular weight excluding hydrogens is 269 g/mol. The zero-order valence-corrected chi connectivity index (χ0v) is 13.0. The minimum atomic E-state index is -3.26. The molecule has 0 heterocycles. The summed E-state index contributed by atoms with van der Waals surface area (Å²) in [5, 5.41) is 3.08. The molecule has 0 aromatic heterocycles. The van der Waals surface area contributed by atoms with E-state index in [0.717, 1.165) is 6.54 Å². The molecule has 0 aromatic rings. The third-order valence-electron chi connectivity index (χ3n) is 3.11. The van der Waals surface area contributed by atoms with Crippen molar-refractivity contribution in [2.24, 2.45) is 5.92 Å². The van der Waals surface area contributed by atoms with Gasteiger partial charge >= 0.3 is 7.60 Å². The lowest BCUT2D eigenvalue weighted by molar-refractivity contribution is 0.232. The van der Waals surface area contributed by atoms with E-state index in [2.05, 4.69) is 5.32 Å². The number of rotatable bonds is 7. The van der Waals surface area contributed by atoms with Gasteiger partial charge in [-0.25, -0.2) is 0 Å². The largest absolute Gasteiger partial charge is 0.388 e. The second-order valence-corrected chi connectivity index (χ2v) is 7.19. The lowest BCUT2D eigenvalue weighted by Gasteiger charge is -2.24. The van der Waals surface area contributed by atoms with E-state index >= 15 is 0 Å². The Morgan fingerprint density at radius 1 is 1.22 bits per heavy atom. The Bertz CT molecular complexity index is 296. The first-order chi connectivity index (χ1) is 8.62. The van der Waals surface area contributed by atoms with Crippen molar-refractivity contribution in [1.82, 2.24) is 5.32 Å². The van der Waals surface area contributed by atoms with Crippen LogP contribution in [0.1, 0.15) is 46.0 Å². The number of nitrogens with one attached hydrogen (secondary N) is 1. The van der Waals surface area contributed by atoms with Crippen molar-refractivity contribution >= 4 is 24.5 Å². The van der Waals surface area contributed by atoms with Gasteiger partial charge in [-0.3, -0.25) is 4.57 Å². The van der Waals surface area contributed by atoms with Gasteiger partial charge in [0.1, 0.15) is 0 Å². The molecule has 1 saturated carbocycles. The highest BCUT2D eigenvalue weighted by Crippen LogP contribution is 2.48. The maximum Gasteiger partial charge on any atom is 0.388 e. The van der Waals surface area contributed by atoms with Crippen LogP contribution in [-0.4, -0.2) is 24.5 Å². The summed E-state index contributed by atoms with van der Waals surface area (Å²) in [7, 11) is -3.26. The molecule has 1 rings (SSSR count). The molecule has 0 atom stereocenters. The summed E-state index contributed by atoms with van der Waals surface area (Å²) in [5.74, 6) is 0.633. The molecule has 0 aliphatic heterocycles. The van der Waals surface area contributed by atoms with Crippen LogP contribution in [0.4, 0.5) is 0 Å². The average molecular weight is 293 g/mol. The van der Waals surface area contributed by atoms with Gasteiger partial charge in [-0.15, -0.1) is 0 Å². The van der Waals surface area contributed by atoms with E-state index in [-0.39, 0.29) is 4.73 Å². The quantitative estimate of drug-likeness (QED) is 0.573. The first kappa shape index (κ1) is 16.1. The fourth-order valence-electron chi connectivity index (χ4n) is 2.21. The molecule has 1 fully saturated rings. The lowest BCUT2D eigenvalue weighted by Crippen LogP contribution is -2.30. The molecular formula is C12H24NO3PS. The zero-order valence-electron chi connectivity index (χ0n) is 11.3. The zero-order chi connectivity index (χ0) is 13.4. The Labute approximate surface area is 115 Å². The van der Waals surface area contributed by atoms with Crippen LogP contribution in [0.5, 0.6) is 0 Å². The third-order valence-corrected chi connectivity index (χ3v) is 5.78. The minimum absolute atomic E-state index is 0.233. The minimum Gasteiger partial charge on any atom is -0.369 e. The van der Waals surface area contributed by atoms with Crippen molar-refractivity contribution in [2.75, 3.05) is 19.8 Å². The molecule has 0 saturated heterocycles. The monoisotopic (exact) mass is 293 g/mol. The molecule has 18 heavy (non-hydrogen) atoms. The molecule has 1 N–H and O–H groups in total. The van der Waals surface area contributed by atoms with Crippen LogP contribution < -0.4 is 5.32 Å². The predicted octanol–water partition coefficient (Wildman–Crippen LogP) is 3.71. The fraction of sp³-hybridized carbons (Fsp3) is 0.917. The van der Waals surface area contributed by atoms with Crippen LogP contribution in [0, 0.1) is 5.92 Å². The van der Waals surface area contributed by atoms with E-state index in [1.54, 1.807) is 13.8 Å². The normalized spacial score (nSPS) is 17.7. The van der Waals surface area contributed by atoms with E-state index in [1.165, 1.54) is 32.1 Å². The Morgan fingerprint density at radius 3 is 2.28 bits per heavy atom. The Hall–Kier alpha value is 0.0400. The summed E-state index contributed by atoms with van der Waals surface area (Å²) in [6.07, 6.45) is 6.35. The van der Waals surface area contributed by atoms with Crippen LogP contribution >= 0.6 is 19.8 Å². The van der Waals surface area contributed by atoms with Crippen LogP contribution in [0.2, 0.25) is 0 Å². The van der Waals surface area contributed by atoms with Crippen LogP contribution in [0.3, 0.4) is 0 Å². The fourth-order valence-corrected chi connectivity index (χ4v) is 3.89. The molecule has 106 valence electrons. The number of hydrogen-bond acceptors (Lipinski definition) is 4. The van der Waals surface area contributed by atoms with Gasteiger partial charge in [-0.1, -0.05) is 31.5 Å². The summed E-state index contributed by atoms with van der Waals surface area (Å²) in [5.41, 5.74) is 0. The van der Waals surface area contributed by atoms with Crippen LogP contribution in [0.15, 0.2) is 0 Å². The molecule has 6 heteroatoms. The highest BCUT2D eigenvalue weighted by molar-refractivity contribution is 7.97. The maximum atomic E-state index is 12.3. The van der Waals surface area contributed by atoms with Gasteiger partial charge in [0.15, 0.2) is 4.73 Å². The van der Waals surface area contributed by atoms with Crippen molar-refractivity contribution in [2.45, 2.75) is 46.0 Å². The van der Waals surface area contributed by atoms with E-state index < -0.39 is 7.60 Å². The summed E-state index contributed by atoms with van der Waals surface area (Å²) in [6.45, 7) is 5.03. The summed E-state index contributed by atoms with van der Waals surface area (Å²) >= 11 is 5.16. The predicted molar refractivity (Wildman–Crippen MR) is 78.0 cm³/mol. The highest BCUT2D eigenvalue weighted by Gasteiger charge is 2.30. The van der Waals surface area contributed by atoms with E-state index in [9.17, 15) is 4.57 Å². The van der Waals surface area contributed by atoms with Gasteiger partial charge in [-0.05, 0) is 32.6 Å². The van der Waals surface area contributed by atoms with Gasteiger partial charge in [-0.2, -0.15) is 0 Å². The second kappa shape index (κ2) is 8.26. The summed E-state index contributed by atoms with van der Waals surface area (Å²) in [6, 6.07) is 0.